The molecule has 1 fully saturated rings. The summed E-state index contributed by atoms with van der Waals surface area (Å²) >= 11 is 0. The molecule has 0 atom stereocenters. The Labute approximate surface area is 156 Å². The molecule has 27 heavy (non-hydrogen) atoms. The highest BCUT2D eigenvalue weighted by molar-refractivity contribution is 6.08. The predicted molar refractivity (Wildman–Crippen MR) is 109 cm³/mol. The smallest absolute Gasteiger partial charge is 0.338 e. The molecular formula is C22H19N3O2. The highest BCUT2D eigenvalue weighted by atomic mass is 16.4. The van der Waals surface area contributed by atoms with Crippen LogP contribution in [-0.2, 0) is 0 Å². The van der Waals surface area contributed by atoms with Gasteiger partial charge in [-0.25, -0.2) is 9.78 Å². The molecule has 0 spiro atoms. The van der Waals surface area contributed by atoms with Crippen molar-refractivity contribution in [2.24, 2.45) is 0 Å². The lowest BCUT2D eigenvalue weighted by atomic mass is 10.1. The number of nitrogens with zero attached hydrogens (tertiary/aromatic N) is 3. The minimum absolute atomic E-state index is 0.305. The molecule has 0 aliphatic carbocycles. The second-order valence-electron chi connectivity index (χ2n) is 6.78. The summed E-state index contributed by atoms with van der Waals surface area (Å²) < 4.78 is 5.59. The molecule has 2 aromatic carbocycles. The maximum Gasteiger partial charge on any atom is 0.338 e. The molecule has 5 rings (SSSR count). The molecule has 0 saturated carbocycles. The Morgan fingerprint density at radius 1 is 0.815 bits per heavy atom. The minimum Gasteiger partial charge on any atom is -0.422 e. The first-order valence-electron chi connectivity index (χ1n) is 9.16. The maximum absolute atomic E-state index is 12.3. The van der Waals surface area contributed by atoms with E-state index in [0.717, 1.165) is 53.8 Å². The fourth-order valence-electron chi connectivity index (χ4n) is 3.85. The number of rotatable bonds is 2. The first-order valence-corrected chi connectivity index (χ1v) is 9.16. The number of aromatic nitrogens is 1. The topological polar surface area (TPSA) is 49.6 Å². The average molecular weight is 357 g/mol. The summed E-state index contributed by atoms with van der Waals surface area (Å²) in [5, 5.41) is 3.03. The van der Waals surface area contributed by atoms with Crippen molar-refractivity contribution in [1.82, 2.24) is 4.98 Å². The van der Waals surface area contributed by atoms with Gasteiger partial charge < -0.3 is 14.2 Å². The van der Waals surface area contributed by atoms with Crippen LogP contribution in [0.5, 0.6) is 0 Å². The molecule has 0 bridgehead atoms. The Bertz CT molecular complexity index is 1160. The van der Waals surface area contributed by atoms with Crippen molar-refractivity contribution in [3.8, 4) is 0 Å². The molecule has 0 amide bonds. The van der Waals surface area contributed by atoms with Crippen LogP contribution in [0.25, 0.3) is 21.7 Å². The van der Waals surface area contributed by atoms with E-state index in [4.69, 9.17) is 4.42 Å². The van der Waals surface area contributed by atoms with Gasteiger partial charge in [0.05, 0.1) is 5.69 Å². The van der Waals surface area contributed by atoms with Gasteiger partial charge in [-0.1, -0.05) is 36.4 Å². The number of fused-ring (bicyclic) bond motifs is 3. The lowest BCUT2D eigenvalue weighted by Gasteiger charge is -2.37. The molecule has 5 heteroatoms. The number of piperazine rings is 1. The van der Waals surface area contributed by atoms with E-state index in [-0.39, 0.29) is 5.63 Å². The lowest BCUT2D eigenvalue weighted by Crippen LogP contribution is -2.47. The highest BCUT2D eigenvalue weighted by Crippen LogP contribution is 2.31. The standard InChI is InChI=1S/C22H19N3O2/c26-21-15-19(18-9-8-16-5-1-2-6-17(16)22(18)27-21)24-11-13-25(14-12-24)20-7-3-4-10-23-20/h1-10,15H,11-14H2. The second kappa shape index (κ2) is 6.43. The van der Waals surface area contributed by atoms with Crippen molar-refractivity contribution in [1.29, 1.82) is 0 Å². The minimum atomic E-state index is -0.305. The predicted octanol–water partition coefficient (Wildman–Crippen LogP) is 3.67. The van der Waals surface area contributed by atoms with Gasteiger partial charge in [-0.2, -0.15) is 0 Å². The van der Waals surface area contributed by atoms with E-state index in [1.54, 1.807) is 6.07 Å². The Balaban J connectivity index is 1.52. The molecule has 1 saturated heterocycles. The van der Waals surface area contributed by atoms with Crippen molar-refractivity contribution in [2.75, 3.05) is 36.0 Å². The van der Waals surface area contributed by atoms with Crippen molar-refractivity contribution in [3.63, 3.8) is 0 Å². The van der Waals surface area contributed by atoms with Gasteiger partial charge >= 0.3 is 5.63 Å². The first kappa shape index (κ1) is 15.9. The van der Waals surface area contributed by atoms with E-state index in [0.29, 0.717) is 5.58 Å². The third-order valence-corrected chi connectivity index (χ3v) is 5.21. The summed E-state index contributed by atoms with van der Waals surface area (Å²) in [5.41, 5.74) is 1.32. The summed E-state index contributed by atoms with van der Waals surface area (Å²) in [6.07, 6.45) is 1.82. The van der Waals surface area contributed by atoms with E-state index >= 15 is 0 Å². The van der Waals surface area contributed by atoms with Gasteiger partial charge in [0.1, 0.15) is 11.4 Å². The van der Waals surface area contributed by atoms with Gasteiger partial charge in [-0.3, -0.25) is 0 Å². The zero-order valence-electron chi connectivity index (χ0n) is 14.8. The molecule has 1 aliphatic heterocycles. The molecule has 4 aromatic rings. The number of benzene rings is 2. The number of hydrogen-bond acceptors (Lipinski definition) is 5. The van der Waals surface area contributed by atoms with Crippen molar-refractivity contribution < 1.29 is 4.42 Å². The zero-order chi connectivity index (χ0) is 18.2. The first-order chi connectivity index (χ1) is 13.3. The van der Waals surface area contributed by atoms with Gasteiger partial charge in [0.15, 0.2) is 0 Å². The Kier molecular flexibility index (Phi) is 3.78. The van der Waals surface area contributed by atoms with E-state index in [1.807, 2.05) is 48.7 Å². The molecule has 0 radical (unpaired) electrons. The molecule has 1 aliphatic rings. The lowest BCUT2D eigenvalue weighted by molar-refractivity contribution is 0.561. The van der Waals surface area contributed by atoms with Crippen LogP contribution >= 0.6 is 0 Å². The van der Waals surface area contributed by atoms with Gasteiger partial charge in [0, 0.05) is 49.2 Å². The van der Waals surface area contributed by atoms with E-state index < -0.39 is 0 Å². The van der Waals surface area contributed by atoms with Crippen molar-refractivity contribution >= 4 is 33.2 Å². The van der Waals surface area contributed by atoms with E-state index in [2.05, 4.69) is 26.9 Å². The van der Waals surface area contributed by atoms with E-state index in [9.17, 15) is 4.79 Å². The van der Waals surface area contributed by atoms with Crippen LogP contribution in [0.3, 0.4) is 0 Å². The summed E-state index contributed by atoms with van der Waals surface area (Å²) in [4.78, 5) is 21.3. The van der Waals surface area contributed by atoms with Crippen LogP contribution in [0.1, 0.15) is 0 Å². The number of pyridine rings is 1. The van der Waals surface area contributed by atoms with Gasteiger partial charge in [0.2, 0.25) is 0 Å². The van der Waals surface area contributed by atoms with Crippen molar-refractivity contribution in [2.45, 2.75) is 0 Å². The Morgan fingerprint density at radius 3 is 2.41 bits per heavy atom. The fraction of sp³-hybridized carbons (Fsp3) is 0.182. The summed E-state index contributed by atoms with van der Waals surface area (Å²) in [7, 11) is 0. The molecule has 3 heterocycles. The molecule has 2 aromatic heterocycles. The highest BCUT2D eigenvalue weighted by Gasteiger charge is 2.21. The summed E-state index contributed by atoms with van der Waals surface area (Å²) in [6, 6.07) is 19.7. The zero-order valence-corrected chi connectivity index (χ0v) is 14.8. The molecule has 134 valence electrons. The van der Waals surface area contributed by atoms with Crippen LogP contribution in [0.4, 0.5) is 11.5 Å². The molecule has 0 unspecified atom stereocenters. The van der Waals surface area contributed by atoms with Gasteiger partial charge in [-0.15, -0.1) is 0 Å². The number of anilines is 2. The second-order valence-corrected chi connectivity index (χ2v) is 6.78. The summed E-state index contributed by atoms with van der Waals surface area (Å²) in [5.74, 6) is 1.00. The Hall–Kier alpha value is -3.34. The van der Waals surface area contributed by atoms with Crippen LogP contribution in [0.2, 0.25) is 0 Å². The van der Waals surface area contributed by atoms with E-state index in [1.165, 1.54) is 0 Å². The molecule has 0 N–H and O–H groups in total. The van der Waals surface area contributed by atoms with Crippen LogP contribution in [0.15, 0.2) is 76.1 Å². The maximum atomic E-state index is 12.3. The average Bonchev–Trinajstić information content (AvgIpc) is 2.74. The van der Waals surface area contributed by atoms with Crippen LogP contribution in [0, 0.1) is 0 Å². The van der Waals surface area contributed by atoms with Crippen LogP contribution < -0.4 is 15.4 Å². The Morgan fingerprint density at radius 2 is 1.59 bits per heavy atom. The van der Waals surface area contributed by atoms with Gasteiger partial charge in [0.25, 0.3) is 0 Å². The molecule has 5 nitrogen and oxygen atoms in total. The molecular weight excluding hydrogens is 338 g/mol. The fourth-order valence-corrected chi connectivity index (χ4v) is 3.85. The largest absolute Gasteiger partial charge is 0.422 e. The third kappa shape index (κ3) is 2.81. The SMILES string of the molecule is O=c1cc(N2CCN(c3ccccn3)CC2)c2ccc3ccccc3c2o1. The number of hydrogen-bond donors (Lipinski definition) is 0. The summed E-state index contributed by atoms with van der Waals surface area (Å²) in [6.45, 7) is 3.41. The quantitative estimate of drug-likeness (QED) is 0.405. The van der Waals surface area contributed by atoms with Crippen LogP contribution in [-0.4, -0.2) is 31.2 Å². The third-order valence-electron chi connectivity index (χ3n) is 5.21. The monoisotopic (exact) mass is 357 g/mol. The van der Waals surface area contributed by atoms with Gasteiger partial charge in [-0.05, 0) is 23.6 Å². The normalized spacial score (nSPS) is 14.8. The van der Waals surface area contributed by atoms with Crippen molar-refractivity contribution in [3.05, 3.63) is 77.3 Å².